The molecule has 2 rings (SSSR count). The lowest BCUT2D eigenvalue weighted by atomic mass is 10.2. The highest BCUT2D eigenvalue weighted by atomic mass is 35.5. The SMILES string of the molecule is CCCC(=O)Nc1ccc(Cl)c(NC(=O)[C@H](C)Oc2ccc(Cl)cc2Cl)c1. The van der Waals surface area contributed by atoms with Crippen molar-refractivity contribution in [2.75, 3.05) is 10.6 Å². The average molecular weight is 430 g/mol. The summed E-state index contributed by atoms with van der Waals surface area (Å²) in [5.41, 5.74) is 0.913. The van der Waals surface area contributed by atoms with E-state index in [0.29, 0.717) is 38.6 Å². The molecule has 0 aromatic heterocycles. The van der Waals surface area contributed by atoms with E-state index >= 15 is 0 Å². The summed E-state index contributed by atoms with van der Waals surface area (Å²) in [5.74, 6) is -0.179. The number of benzene rings is 2. The van der Waals surface area contributed by atoms with Gasteiger partial charge in [-0.05, 0) is 49.7 Å². The number of rotatable bonds is 7. The summed E-state index contributed by atoms with van der Waals surface area (Å²) < 4.78 is 5.59. The van der Waals surface area contributed by atoms with Gasteiger partial charge in [0.15, 0.2) is 6.10 Å². The van der Waals surface area contributed by atoms with Crippen LogP contribution in [-0.2, 0) is 9.59 Å². The van der Waals surface area contributed by atoms with Gasteiger partial charge in [-0.3, -0.25) is 9.59 Å². The summed E-state index contributed by atoms with van der Waals surface area (Å²) >= 11 is 18.0. The molecule has 2 aromatic rings. The van der Waals surface area contributed by atoms with E-state index < -0.39 is 12.0 Å². The van der Waals surface area contributed by atoms with Crippen LogP contribution < -0.4 is 15.4 Å². The van der Waals surface area contributed by atoms with Crippen molar-refractivity contribution in [3.8, 4) is 5.75 Å². The van der Waals surface area contributed by atoms with Crippen LogP contribution in [-0.4, -0.2) is 17.9 Å². The van der Waals surface area contributed by atoms with Gasteiger partial charge in [-0.2, -0.15) is 0 Å². The Morgan fingerprint density at radius 1 is 1.04 bits per heavy atom. The van der Waals surface area contributed by atoms with Crippen molar-refractivity contribution in [1.29, 1.82) is 0 Å². The number of ether oxygens (including phenoxy) is 1. The molecular formula is C19H19Cl3N2O3. The second kappa shape index (κ2) is 9.83. The van der Waals surface area contributed by atoms with Crippen LogP contribution in [0.25, 0.3) is 0 Å². The molecule has 0 heterocycles. The van der Waals surface area contributed by atoms with E-state index in [1.807, 2.05) is 6.92 Å². The van der Waals surface area contributed by atoms with E-state index in [9.17, 15) is 9.59 Å². The number of carbonyl (C=O) groups is 2. The molecule has 0 bridgehead atoms. The van der Waals surface area contributed by atoms with Gasteiger partial charge in [-0.25, -0.2) is 0 Å². The van der Waals surface area contributed by atoms with E-state index in [4.69, 9.17) is 39.5 Å². The van der Waals surface area contributed by atoms with Gasteiger partial charge in [-0.1, -0.05) is 41.7 Å². The molecule has 0 aliphatic carbocycles. The maximum Gasteiger partial charge on any atom is 0.265 e. The quantitative estimate of drug-likeness (QED) is 0.585. The molecule has 144 valence electrons. The number of hydrogen-bond donors (Lipinski definition) is 2. The molecule has 27 heavy (non-hydrogen) atoms. The second-order valence-corrected chi connectivity index (χ2v) is 7.07. The first kappa shape index (κ1) is 21.4. The second-order valence-electron chi connectivity index (χ2n) is 5.82. The first-order valence-electron chi connectivity index (χ1n) is 8.32. The minimum atomic E-state index is -0.835. The number of carbonyl (C=O) groups excluding carboxylic acids is 2. The Labute approximate surface area is 172 Å². The highest BCUT2D eigenvalue weighted by Crippen LogP contribution is 2.29. The van der Waals surface area contributed by atoms with Crippen molar-refractivity contribution in [3.63, 3.8) is 0 Å². The third-order valence-electron chi connectivity index (χ3n) is 3.55. The molecule has 5 nitrogen and oxygen atoms in total. The van der Waals surface area contributed by atoms with Crippen LogP contribution in [0.3, 0.4) is 0 Å². The summed E-state index contributed by atoms with van der Waals surface area (Å²) in [6, 6.07) is 9.59. The average Bonchev–Trinajstić information content (AvgIpc) is 2.60. The van der Waals surface area contributed by atoms with E-state index in [1.165, 1.54) is 6.07 Å². The Balaban J connectivity index is 2.06. The molecule has 0 saturated carbocycles. The number of halogens is 3. The van der Waals surface area contributed by atoms with Gasteiger partial charge in [0.1, 0.15) is 5.75 Å². The fraction of sp³-hybridized carbons (Fsp3) is 0.263. The normalized spacial score (nSPS) is 11.6. The molecule has 0 spiro atoms. The van der Waals surface area contributed by atoms with Crippen molar-refractivity contribution in [2.45, 2.75) is 32.8 Å². The standard InChI is InChI=1S/C19H19Cl3N2O3/c1-3-4-18(25)23-13-6-7-14(21)16(10-13)24-19(26)11(2)27-17-8-5-12(20)9-15(17)22/h5-11H,3-4H2,1-2H3,(H,23,25)(H,24,26)/t11-/m0/s1. The van der Waals surface area contributed by atoms with Crippen LogP contribution in [0.4, 0.5) is 11.4 Å². The van der Waals surface area contributed by atoms with Gasteiger partial charge in [-0.15, -0.1) is 0 Å². The van der Waals surface area contributed by atoms with E-state index in [1.54, 1.807) is 37.3 Å². The van der Waals surface area contributed by atoms with Crippen LogP contribution in [0, 0.1) is 0 Å². The van der Waals surface area contributed by atoms with Crippen molar-refractivity contribution in [2.24, 2.45) is 0 Å². The minimum Gasteiger partial charge on any atom is -0.479 e. The molecule has 0 saturated heterocycles. The monoisotopic (exact) mass is 428 g/mol. The first-order chi connectivity index (χ1) is 12.8. The van der Waals surface area contributed by atoms with Crippen LogP contribution >= 0.6 is 34.8 Å². The number of hydrogen-bond acceptors (Lipinski definition) is 3. The minimum absolute atomic E-state index is 0.105. The topological polar surface area (TPSA) is 67.4 Å². The molecule has 0 aliphatic heterocycles. The molecular weight excluding hydrogens is 411 g/mol. The molecule has 8 heteroatoms. The van der Waals surface area contributed by atoms with Crippen LogP contribution in [0.2, 0.25) is 15.1 Å². The fourth-order valence-electron chi connectivity index (χ4n) is 2.20. The zero-order chi connectivity index (χ0) is 20.0. The lowest BCUT2D eigenvalue weighted by molar-refractivity contribution is -0.122. The van der Waals surface area contributed by atoms with Crippen LogP contribution in [0.5, 0.6) is 5.75 Å². The Morgan fingerprint density at radius 2 is 1.78 bits per heavy atom. The lowest BCUT2D eigenvalue weighted by Gasteiger charge is -2.17. The van der Waals surface area contributed by atoms with E-state index in [2.05, 4.69) is 10.6 Å². The zero-order valence-electron chi connectivity index (χ0n) is 14.8. The van der Waals surface area contributed by atoms with Crippen molar-refractivity contribution in [1.82, 2.24) is 0 Å². The molecule has 0 unspecified atom stereocenters. The van der Waals surface area contributed by atoms with Crippen LogP contribution in [0.15, 0.2) is 36.4 Å². The molecule has 2 amide bonds. The molecule has 0 radical (unpaired) electrons. The Morgan fingerprint density at radius 3 is 2.44 bits per heavy atom. The maximum atomic E-state index is 12.4. The third-order valence-corrected chi connectivity index (χ3v) is 4.41. The third kappa shape index (κ3) is 6.31. The van der Waals surface area contributed by atoms with Gasteiger partial charge in [0.25, 0.3) is 5.91 Å². The molecule has 0 aliphatic rings. The highest BCUT2D eigenvalue weighted by molar-refractivity contribution is 6.35. The maximum absolute atomic E-state index is 12.4. The Bertz CT molecular complexity index is 843. The number of nitrogens with one attached hydrogen (secondary N) is 2. The van der Waals surface area contributed by atoms with Crippen molar-refractivity contribution < 1.29 is 14.3 Å². The Hall–Kier alpha value is -1.95. The molecule has 2 aromatic carbocycles. The van der Waals surface area contributed by atoms with Gasteiger partial charge >= 0.3 is 0 Å². The number of anilines is 2. The summed E-state index contributed by atoms with van der Waals surface area (Å²) in [5, 5.41) is 6.56. The van der Waals surface area contributed by atoms with Crippen LogP contribution in [0.1, 0.15) is 26.7 Å². The molecule has 0 fully saturated rings. The van der Waals surface area contributed by atoms with Gasteiger partial charge in [0, 0.05) is 17.1 Å². The first-order valence-corrected chi connectivity index (χ1v) is 9.45. The Kier molecular flexibility index (Phi) is 7.78. The van der Waals surface area contributed by atoms with Crippen molar-refractivity contribution in [3.05, 3.63) is 51.5 Å². The predicted molar refractivity (Wildman–Crippen MR) is 110 cm³/mol. The van der Waals surface area contributed by atoms with Crippen molar-refractivity contribution >= 4 is 58.0 Å². The summed E-state index contributed by atoms with van der Waals surface area (Å²) in [7, 11) is 0. The largest absolute Gasteiger partial charge is 0.479 e. The molecule has 2 N–H and O–H groups in total. The van der Waals surface area contributed by atoms with Gasteiger partial charge in [0.05, 0.1) is 15.7 Å². The highest BCUT2D eigenvalue weighted by Gasteiger charge is 2.18. The summed E-state index contributed by atoms with van der Waals surface area (Å²) in [6.45, 7) is 3.50. The van der Waals surface area contributed by atoms with Gasteiger partial charge in [0.2, 0.25) is 5.91 Å². The lowest BCUT2D eigenvalue weighted by Crippen LogP contribution is -2.30. The number of amides is 2. The van der Waals surface area contributed by atoms with E-state index in [0.717, 1.165) is 6.42 Å². The predicted octanol–water partition coefficient (Wildman–Crippen LogP) is 5.79. The smallest absolute Gasteiger partial charge is 0.265 e. The summed E-state index contributed by atoms with van der Waals surface area (Å²) in [6.07, 6.45) is 0.320. The molecule has 1 atom stereocenters. The van der Waals surface area contributed by atoms with Gasteiger partial charge < -0.3 is 15.4 Å². The summed E-state index contributed by atoms with van der Waals surface area (Å²) in [4.78, 5) is 24.2. The fourth-order valence-corrected chi connectivity index (χ4v) is 2.82. The van der Waals surface area contributed by atoms with E-state index in [-0.39, 0.29) is 5.91 Å². The zero-order valence-corrected chi connectivity index (χ0v) is 17.1.